The molecule has 2 rings (SSSR count). The molecule has 0 spiro atoms. The molecule has 1 aromatic heterocycles. The number of nitrogens with zero attached hydrogens (tertiary/aromatic N) is 1. The molecule has 5 heteroatoms. The molecule has 0 fully saturated rings. The number of oxazole rings is 1. The molecule has 0 aliphatic carbocycles. The van der Waals surface area contributed by atoms with Gasteiger partial charge in [0.15, 0.2) is 5.69 Å². The van der Waals surface area contributed by atoms with Gasteiger partial charge in [-0.2, -0.15) is 0 Å². The van der Waals surface area contributed by atoms with Crippen LogP contribution in [0.15, 0.2) is 22.6 Å². The number of methoxy groups -OCH3 is 1. The minimum Gasteiger partial charge on any atom is -0.496 e. The van der Waals surface area contributed by atoms with E-state index < -0.39 is 5.97 Å². The van der Waals surface area contributed by atoms with Crippen LogP contribution in [-0.2, 0) is 0 Å². The van der Waals surface area contributed by atoms with Gasteiger partial charge < -0.3 is 14.3 Å². The van der Waals surface area contributed by atoms with Gasteiger partial charge in [-0.1, -0.05) is 11.6 Å². The van der Waals surface area contributed by atoms with Crippen molar-refractivity contribution < 1.29 is 19.1 Å². The minimum absolute atomic E-state index is 0.0754. The van der Waals surface area contributed by atoms with Crippen molar-refractivity contribution in [3.05, 3.63) is 35.2 Å². The highest BCUT2D eigenvalue weighted by Crippen LogP contribution is 2.31. The van der Waals surface area contributed by atoms with Crippen molar-refractivity contribution in [1.82, 2.24) is 4.98 Å². The van der Waals surface area contributed by atoms with Crippen molar-refractivity contribution in [3.63, 3.8) is 0 Å². The third-order valence-electron chi connectivity index (χ3n) is 2.58. The van der Waals surface area contributed by atoms with Crippen LogP contribution in [-0.4, -0.2) is 23.2 Å². The molecule has 0 aliphatic heterocycles. The summed E-state index contributed by atoms with van der Waals surface area (Å²) in [5, 5.41) is 8.95. The van der Waals surface area contributed by atoms with Crippen LogP contribution in [0.4, 0.5) is 0 Å². The number of carboxylic acid groups (broad SMARTS) is 1. The maximum absolute atomic E-state index is 10.9. The third-order valence-corrected chi connectivity index (χ3v) is 2.58. The van der Waals surface area contributed by atoms with E-state index in [0.29, 0.717) is 11.3 Å². The molecular formula is C13H13NO4. The molecule has 0 bridgehead atoms. The van der Waals surface area contributed by atoms with E-state index in [1.165, 1.54) is 0 Å². The van der Waals surface area contributed by atoms with Crippen molar-refractivity contribution in [2.45, 2.75) is 13.8 Å². The summed E-state index contributed by atoms with van der Waals surface area (Å²) in [6, 6.07) is 5.54. The zero-order valence-electron chi connectivity index (χ0n) is 10.4. The van der Waals surface area contributed by atoms with Gasteiger partial charge in [-0.25, -0.2) is 9.78 Å². The van der Waals surface area contributed by atoms with Crippen molar-refractivity contribution in [2.75, 3.05) is 7.11 Å². The molecule has 0 unspecified atom stereocenters. The largest absolute Gasteiger partial charge is 0.496 e. The number of aryl methyl sites for hydroxylation is 2. The Balaban J connectivity index is 2.58. The van der Waals surface area contributed by atoms with Crippen LogP contribution in [0.25, 0.3) is 11.5 Å². The Hall–Kier alpha value is -2.30. The van der Waals surface area contributed by atoms with Crippen LogP contribution < -0.4 is 4.74 Å². The molecule has 0 atom stereocenters. The van der Waals surface area contributed by atoms with Crippen molar-refractivity contribution >= 4 is 5.97 Å². The number of aromatic nitrogens is 1. The van der Waals surface area contributed by atoms with E-state index in [1.54, 1.807) is 20.1 Å². The van der Waals surface area contributed by atoms with Gasteiger partial charge in [-0.05, 0) is 26.0 Å². The second kappa shape index (κ2) is 4.52. The molecule has 94 valence electrons. The van der Waals surface area contributed by atoms with Gasteiger partial charge >= 0.3 is 5.97 Å². The fourth-order valence-corrected chi connectivity index (χ4v) is 1.70. The minimum atomic E-state index is -1.10. The van der Waals surface area contributed by atoms with Crippen molar-refractivity contribution in [2.24, 2.45) is 0 Å². The molecule has 18 heavy (non-hydrogen) atoms. The van der Waals surface area contributed by atoms with E-state index in [9.17, 15) is 4.79 Å². The fraction of sp³-hybridized carbons (Fsp3) is 0.231. The number of benzene rings is 1. The lowest BCUT2D eigenvalue weighted by molar-refractivity contribution is 0.0689. The molecule has 0 saturated heterocycles. The molecule has 0 radical (unpaired) electrons. The normalized spacial score (nSPS) is 10.4. The monoisotopic (exact) mass is 247 g/mol. The number of hydrogen-bond acceptors (Lipinski definition) is 4. The summed E-state index contributed by atoms with van der Waals surface area (Å²) in [6.45, 7) is 3.50. The standard InChI is InChI=1S/C13H13NO4/c1-7-4-5-10(17-3)9(6-7)12-14-11(13(15)16)8(2)18-12/h4-6H,1-3H3,(H,15,16). The van der Waals surface area contributed by atoms with Gasteiger partial charge in [0.25, 0.3) is 0 Å². The zero-order chi connectivity index (χ0) is 13.3. The van der Waals surface area contributed by atoms with Gasteiger partial charge in [0.2, 0.25) is 5.89 Å². The lowest BCUT2D eigenvalue weighted by atomic mass is 10.1. The second-order valence-electron chi connectivity index (χ2n) is 3.93. The average Bonchev–Trinajstić information content (AvgIpc) is 2.71. The number of rotatable bonds is 3. The Bertz CT molecular complexity index is 601. The van der Waals surface area contributed by atoms with Crippen molar-refractivity contribution in [1.29, 1.82) is 0 Å². The van der Waals surface area contributed by atoms with Crippen LogP contribution in [0.1, 0.15) is 21.8 Å². The van der Waals surface area contributed by atoms with Crippen LogP contribution in [0.3, 0.4) is 0 Å². The number of hydrogen-bond donors (Lipinski definition) is 1. The molecule has 2 aromatic rings. The van der Waals surface area contributed by atoms with Gasteiger partial charge in [-0.15, -0.1) is 0 Å². The van der Waals surface area contributed by atoms with Crippen molar-refractivity contribution in [3.8, 4) is 17.2 Å². The smallest absolute Gasteiger partial charge is 0.358 e. The molecular weight excluding hydrogens is 234 g/mol. The Kier molecular flexibility index (Phi) is 3.06. The van der Waals surface area contributed by atoms with E-state index in [0.717, 1.165) is 5.56 Å². The first-order chi connectivity index (χ1) is 8.52. The lowest BCUT2D eigenvalue weighted by Gasteiger charge is -2.05. The highest BCUT2D eigenvalue weighted by atomic mass is 16.5. The number of carbonyl (C=O) groups is 1. The molecule has 5 nitrogen and oxygen atoms in total. The van der Waals surface area contributed by atoms with Gasteiger partial charge in [-0.3, -0.25) is 0 Å². The summed E-state index contributed by atoms with van der Waals surface area (Å²) < 4.78 is 10.6. The third kappa shape index (κ3) is 2.07. The number of aromatic carboxylic acids is 1. The van der Waals surface area contributed by atoms with E-state index in [2.05, 4.69) is 4.98 Å². The quantitative estimate of drug-likeness (QED) is 0.902. The molecule has 0 amide bonds. The highest BCUT2D eigenvalue weighted by Gasteiger charge is 2.19. The summed E-state index contributed by atoms with van der Waals surface area (Å²) in [6.07, 6.45) is 0. The predicted molar refractivity (Wildman–Crippen MR) is 64.9 cm³/mol. The van der Waals surface area contributed by atoms with Gasteiger partial charge in [0.05, 0.1) is 12.7 Å². The molecule has 1 heterocycles. The van der Waals surface area contributed by atoms with E-state index >= 15 is 0 Å². The maximum Gasteiger partial charge on any atom is 0.358 e. The van der Waals surface area contributed by atoms with E-state index in [1.807, 2.05) is 19.1 Å². The first kappa shape index (κ1) is 12.2. The Morgan fingerprint density at radius 1 is 1.39 bits per heavy atom. The van der Waals surface area contributed by atoms with Crippen LogP contribution in [0, 0.1) is 13.8 Å². The summed E-state index contributed by atoms with van der Waals surface area (Å²) in [7, 11) is 1.54. The van der Waals surface area contributed by atoms with Crippen LogP contribution >= 0.6 is 0 Å². The topological polar surface area (TPSA) is 72.6 Å². The molecule has 0 saturated carbocycles. The Labute approximate surface area is 104 Å². The highest BCUT2D eigenvalue weighted by molar-refractivity contribution is 5.87. The number of ether oxygens (including phenoxy) is 1. The van der Waals surface area contributed by atoms with Crippen LogP contribution in [0.5, 0.6) is 5.75 Å². The number of carboxylic acids is 1. The van der Waals surface area contributed by atoms with Gasteiger partial charge in [0.1, 0.15) is 11.5 Å². The first-order valence-corrected chi connectivity index (χ1v) is 5.38. The van der Waals surface area contributed by atoms with E-state index in [4.69, 9.17) is 14.3 Å². The first-order valence-electron chi connectivity index (χ1n) is 5.38. The predicted octanol–water partition coefficient (Wildman–Crippen LogP) is 2.67. The molecule has 1 aromatic carbocycles. The SMILES string of the molecule is COc1ccc(C)cc1-c1nc(C(=O)O)c(C)o1. The lowest BCUT2D eigenvalue weighted by Crippen LogP contribution is -1.98. The Morgan fingerprint density at radius 2 is 2.11 bits per heavy atom. The zero-order valence-corrected chi connectivity index (χ0v) is 10.4. The summed E-state index contributed by atoms with van der Waals surface area (Å²) >= 11 is 0. The Morgan fingerprint density at radius 3 is 2.67 bits per heavy atom. The molecule has 0 aliphatic rings. The summed E-state index contributed by atoms with van der Waals surface area (Å²) in [4.78, 5) is 14.9. The average molecular weight is 247 g/mol. The molecule has 1 N–H and O–H groups in total. The summed E-state index contributed by atoms with van der Waals surface area (Å²) in [5.74, 6) is 0.0272. The van der Waals surface area contributed by atoms with Crippen LogP contribution in [0.2, 0.25) is 0 Å². The van der Waals surface area contributed by atoms with Gasteiger partial charge in [0, 0.05) is 0 Å². The van der Waals surface area contributed by atoms with E-state index in [-0.39, 0.29) is 17.3 Å². The second-order valence-corrected chi connectivity index (χ2v) is 3.93. The summed E-state index contributed by atoms with van der Waals surface area (Å²) in [5.41, 5.74) is 1.58. The maximum atomic E-state index is 10.9. The fourth-order valence-electron chi connectivity index (χ4n) is 1.70.